The molecule has 0 radical (unpaired) electrons. The van der Waals surface area contributed by atoms with Gasteiger partial charge in [-0.2, -0.15) is 0 Å². The van der Waals surface area contributed by atoms with E-state index in [4.69, 9.17) is 4.42 Å². The van der Waals surface area contributed by atoms with Gasteiger partial charge in [0.1, 0.15) is 11.3 Å². The van der Waals surface area contributed by atoms with Crippen molar-refractivity contribution >= 4 is 39.2 Å². The molecule has 0 amide bonds. The minimum Gasteiger partial charge on any atom is -0.456 e. The molecule has 0 aliphatic rings. The third kappa shape index (κ3) is 2.43. The van der Waals surface area contributed by atoms with Crippen molar-refractivity contribution in [2.45, 2.75) is 0 Å². The number of fused-ring (bicyclic) bond motifs is 1. The minimum absolute atomic E-state index is 0.0162. The molecule has 3 rings (SSSR count). The molecule has 0 saturated heterocycles. The standard InChI is InChI=1S/C16H12INO2/c1-18-12-5-2-10(3-6-12)16-9-14(19)13-8-11(17)4-7-15(13)20-16/h2-9,18H,1H3. The van der Waals surface area contributed by atoms with Crippen LogP contribution in [-0.2, 0) is 0 Å². The SMILES string of the molecule is CNc1ccc(-c2cc(=O)c3cc(I)ccc3o2)cc1. The molecule has 4 heteroatoms. The number of anilines is 1. The second kappa shape index (κ2) is 5.28. The smallest absolute Gasteiger partial charge is 0.193 e. The van der Waals surface area contributed by atoms with Gasteiger partial charge in [0, 0.05) is 27.9 Å². The van der Waals surface area contributed by atoms with Crippen molar-refractivity contribution in [3.05, 3.63) is 62.3 Å². The highest BCUT2D eigenvalue weighted by atomic mass is 127. The summed E-state index contributed by atoms with van der Waals surface area (Å²) >= 11 is 2.19. The average molecular weight is 377 g/mol. The Labute approximate surface area is 129 Å². The maximum atomic E-state index is 12.2. The van der Waals surface area contributed by atoms with Crippen molar-refractivity contribution < 1.29 is 4.42 Å². The van der Waals surface area contributed by atoms with Gasteiger partial charge >= 0.3 is 0 Å². The van der Waals surface area contributed by atoms with Crippen molar-refractivity contribution in [2.75, 3.05) is 12.4 Å². The lowest BCUT2D eigenvalue weighted by atomic mass is 10.1. The van der Waals surface area contributed by atoms with Crippen LogP contribution in [0.2, 0.25) is 0 Å². The van der Waals surface area contributed by atoms with Gasteiger partial charge in [-0.1, -0.05) is 0 Å². The topological polar surface area (TPSA) is 42.2 Å². The first-order valence-electron chi connectivity index (χ1n) is 6.19. The predicted octanol–water partition coefficient (Wildman–Crippen LogP) is 4.11. The lowest BCUT2D eigenvalue weighted by Crippen LogP contribution is -2.00. The minimum atomic E-state index is -0.0162. The summed E-state index contributed by atoms with van der Waals surface area (Å²) in [4.78, 5) is 12.2. The summed E-state index contributed by atoms with van der Waals surface area (Å²) in [6, 6.07) is 14.9. The summed E-state index contributed by atoms with van der Waals surface area (Å²) in [5.74, 6) is 0.589. The number of hydrogen-bond acceptors (Lipinski definition) is 3. The van der Waals surface area contributed by atoms with Crippen LogP contribution in [-0.4, -0.2) is 7.05 Å². The molecular weight excluding hydrogens is 365 g/mol. The van der Waals surface area contributed by atoms with Gasteiger partial charge in [0.15, 0.2) is 5.43 Å². The molecule has 3 nitrogen and oxygen atoms in total. The molecule has 0 spiro atoms. The zero-order valence-corrected chi connectivity index (χ0v) is 13.0. The third-order valence-electron chi connectivity index (χ3n) is 3.15. The number of nitrogens with one attached hydrogen (secondary N) is 1. The largest absolute Gasteiger partial charge is 0.456 e. The molecule has 0 fully saturated rings. The highest BCUT2D eigenvalue weighted by Crippen LogP contribution is 2.24. The Kier molecular flexibility index (Phi) is 3.48. The van der Waals surface area contributed by atoms with Crippen LogP contribution < -0.4 is 10.7 Å². The quantitative estimate of drug-likeness (QED) is 0.684. The monoisotopic (exact) mass is 377 g/mol. The van der Waals surface area contributed by atoms with Crippen LogP contribution >= 0.6 is 22.6 Å². The molecule has 3 aromatic rings. The van der Waals surface area contributed by atoms with E-state index < -0.39 is 0 Å². The third-order valence-corrected chi connectivity index (χ3v) is 3.82. The van der Waals surface area contributed by atoms with Crippen LogP contribution in [0.5, 0.6) is 0 Å². The van der Waals surface area contributed by atoms with Crippen molar-refractivity contribution in [1.82, 2.24) is 0 Å². The van der Waals surface area contributed by atoms with E-state index in [1.54, 1.807) is 6.07 Å². The second-order valence-corrected chi connectivity index (χ2v) is 5.69. The van der Waals surface area contributed by atoms with E-state index in [1.165, 1.54) is 0 Å². The normalized spacial score (nSPS) is 10.7. The molecule has 0 saturated carbocycles. The first-order valence-corrected chi connectivity index (χ1v) is 7.27. The Hall–Kier alpha value is -1.82. The maximum absolute atomic E-state index is 12.2. The van der Waals surface area contributed by atoms with E-state index in [2.05, 4.69) is 27.9 Å². The number of rotatable bonds is 2. The Morgan fingerprint density at radius 1 is 1.05 bits per heavy atom. The second-order valence-electron chi connectivity index (χ2n) is 4.44. The van der Waals surface area contributed by atoms with Gasteiger partial charge in [0.25, 0.3) is 0 Å². The summed E-state index contributed by atoms with van der Waals surface area (Å²) in [5.41, 5.74) is 2.51. The van der Waals surface area contributed by atoms with Gasteiger partial charge in [-0.25, -0.2) is 0 Å². The molecule has 100 valence electrons. The fourth-order valence-electron chi connectivity index (χ4n) is 2.07. The van der Waals surface area contributed by atoms with Crippen molar-refractivity contribution in [3.63, 3.8) is 0 Å². The van der Waals surface area contributed by atoms with Crippen LogP contribution in [0, 0.1) is 3.57 Å². The average Bonchev–Trinajstić information content (AvgIpc) is 2.48. The Balaban J connectivity index is 2.16. The van der Waals surface area contributed by atoms with Crippen LogP contribution in [0.15, 0.2) is 57.7 Å². The fraction of sp³-hybridized carbons (Fsp3) is 0.0625. The summed E-state index contributed by atoms with van der Waals surface area (Å²) in [6.07, 6.45) is 0. The van der Waals surface area contributed by atoms with Crippen LogP contribution in [0.1, 0.15) is 0 Å². The van der Waals surface area contributed by atoms with Crippen molar-refractivity contribution in [1.29, 1.82) is 0 Å². The summed E-state index contributed by atoms with van der Waals surface area (Å²) in [5, 5.41) is 3.68. The van der Waals surface area contributed by atoms with E-state index >= 15 is 0 Å². The van der Waals surface area contributed by atoms with Gasteiger partial charge in [-0.15, -0.1) is 0 Å². The van der Waals surface area contributed by atoms with Gasteiger partial charge < -0.3 is 9.73 Å². The Morgan fingerprint density at radius 2 is 1.80 bits per heavy atom. The van der Waals surface area contributed by atoms with Crippen molar-refractivity contribution in [2.24, 2.45) is 0 Å². The van der Waals surface area contributed by atoms with E-state index in [1.807, 2.05) is 49.5 Å². The van der Waals surface area contributed by atoms with Gasteiger partial charge in [0.05, 0.1) is 5.39 Å². The summed E-state index contributed by atoms with van der Waals surface area (Å²) in [6.45, 7) is 0. The Bertz CT molecular complexity index is 822. The van der Waals surface area contributed by atoms with Crippen LogP contribution in [0.25, 0.3) is 22.3 Å². The first-order chi connectivity index (χ1) is 9.67. The molecule has 0 aliphatic heterocycles. The van der Waals surface area contributed by atoms with Crippen LogP contribution in [0.4, 0.5) is 5.69 Å². The van der Waals surface area contributed by atoms with Crippen molar-refractivity contribution in [3.8, 4) is 11.3 Å². The molecule has 0 unspecified atom stereocenters. The molecule has 2 aromatic carbocycles. The lowest BCUT2D eigenvalue weighted by molar-refractivity contribution is 0.619. The molecule has 0 bridgehead atoms. The van der Waals surface area contributed by atoms with Gasteiger partial charge in [-0.05, 0) is 65.1 Å². The highest BCUT2D eigenvalue weighted by molar-refractivity contribution is 14.1. The van der Waals surface area contributed by atoms with E-state index in [0.29, 0.717) is 16.7 Å². The molecule has 1 N–H and O–H groups in total. The molecule has 1 aromatic heterocycles. The first kappa shape index (κ1) is 13.2. The fourth-order valence-corrected chi connectivity index (χ4v) is 2.56. The van der Waals surface area contributed by atoms with Gasteiger partial charge in [0.2, 0.25) is 0 Å². The highest BCUT2D eigenvalue weighted by Gasteiger charge is 2.07. The Morgan fingerprint density at radius 3 is 2.50 bits per heavy atom. The van der Waals surface area contributed by atoms with E-state index in [0.717, 1.165) is 14.8 Å². The zero-order chi connectivity index (χ0) is 14.1. The van der Waals surface area contributed by atoms with E-state index in [9.17, 15) is 4.79 Å². The maximum Gasteiger partial charge on any atom is 0.193 e. The van der Waals surface area contributed by atoms with E-state index in [-0.39, 0.29) is 5.43 Å². The summed E-state index contributed by atoms with van der Waals surface area (Å²) in [7, 11) is 1.87. The van der Waals surface area contributed by atoms with Crippen LogP contribution in [0.3, 0.4) is 0 Å². The number of benzene rings is 2. The molecule has 0 aliphatic carbocycles. The predicted molar refractivity (Wildman–Crippen MR) is 90.2 cm³/mol. The summed E-state index contributed by atoms with van der Waals surface area (Å²) < 4.78 is 6.86. The molecular formula is C16H12INO2. The van der Waals surface area contributed by atoms with Gasteiger partial charge in [-0.3, -0.25) is 4.79 Å². The molecule has 1 heterocycles. The molecule has 20 heavy (non-hydrogen) atoms. The zero-order valence-electron chi connectivity index (χ0n) is 10.8. The molecule has 0 atom stereocenters. The lowest BCUT2D eigenvalue weighted by Gasteiger charge is -2.05. The number of hydrogen-bond donors (Lipinski definition) is 1. The number of halogens is 1.